The number of fused-ring (bicyclic) bond motifs is 1. The van der Waals surface area contributed by atoms with Crippen molar-refractivity contribution in [2.75, 3.05) is 12.3 Å². The number of hydrogen-bond acceptors (Lipinski definition) is 3. The molecule has 1 aliphatic rings. The summed E-state index contributed by atoms with van der Waals surface area (Å²) < 4.78 is 5.17. The van der Waals surface area contributed by atoms with Gasteiger partial charge in [-0.2, -0.15) is 0 Å². The molecule has 3 nitrogen and oxygen atoms in total. The summed E-state index contributed by atoms with van der Waals surface area (Å²) in [6.07, 6.45) is 0. The molecule has 1 atom stereocenters. The lowest BCUT2D eigenvalue weighted by atomic mass is 9.71. The molecule has 0 saturated carbocycles. The molecule has 0 fully saturated rings. The first-order valence-corrected chi connectivity index (χ1v) is 4.37. The summed E-state index contributed by atoms with van der Waals surface area (Å²) in [7, 11) is -0.810. The molecule has 0 aliphatic carbocycles. The second-order valence-corrected chi connectivity index (χ2v) is 3.48. The van der Waals surface area contributed by atoms with E-state index < -0.39 is 7.12 Å². The third-order valence-corrected chi connectivity index (χ3v) is 2.41. The van der Waals surface area contributed by atoms with E-state index in [0.717, 1.165) is 11.0 Å². The third kappa shape index (κ3) is 1.43. The van der Waals surface area contributed by atoms with Gasteiger partial charge in [0.15, 0.2) is 0 Å². The molecule has 13 heavy (non-hydrogen) atoms. The number of nitrogens with two attached hydrogens (primary N) is 1. The fourth-order valence-electron chi connectivity index (χ4n) is 1.67. The van der Waals surface area contributed by atoms with Crippen LogP contribution in [-0.4, -0.2) is 18.7 Å². The van der Waals surface area contributed by atoms with Crippen molar-refractivity contribution >= 4 is 18.3 Å². The molecular weight excluding hydrogens is 165 g/mol. The number of anilines is 1. The Hall–Kier alpha value is -0.995. The second-order valence-electron chi connectivity index (χ2n) is 3.48. The minimum Gasteiger partial charge on any atom is -0.423 e. The smallest absolute Gasteiger partial charge is 0.423 e. The molecule has 0 bridgehead atoms. The van der Waals surface area contributed by atoms with Gasteiger partial charge in [-0.15, -0.1) is 0 Å². The Bertz CT molecular complexity index is 329. The number of benzene rings is 1. The minimum atomic E-state index is -0.810. The first-order chi connectivity index (χ1) is 6.18. The van der Waals surface area contributed by atoms with Crippen LogP contribution in [0, 0.1) is 0 Å². The molecule has 1 heterocycles. The number of rotatable bonds is 0. The molecule has 1 aliphatic heterocycles. The molecule has 2 rings (SSSR count). The maximum absolute atomic E-state index is 9.53. The van der Waals surface area contributed by atoms with Crippen molar-refractivity contribution in [1.82, 2.24) is 0 Å². The van der Waals surface area contributed by atoms with Crippen molar-refractivity contribution < 1.29 is 9.68 Å². The highest BCUT2D eigenvalue weighted by atomic mass is 16.5. The summed E-state index contributed by atoms with van der Waals surface area (Å²) in [6, 6.07) is 5.59. The zero-order valence-electron chi connectivity index (χ0n) is 7.53. The Kier molecular flexibility index (Phi) is 2.02. The lowest BCUT2D eigenvalue weighted by Gasteiger charge is -2.24. The van der Waals surface area contributed by atoms with Crippen molar-refractivity contribution in [3.8, 4) is 0 Å². The molecule has 4 heteroatoms. The van der Waals surface area contributed by atoms with Gasteiger partial charge in [-0.05, 0) is 23.2 Å². The Balaban J connectivity index is 2.50. The van der Waals surface area contributed by atoms with Crippen LogP contribution in [-0.2, 0) is 4.65 Å². The van der Waals surface area contributed by atoms with Crippen LogP contribution >= 0.6 is 0 Å². The molecule has 0 radical (unpaired) electrons. The predicted octanol–water partition coefficient (Wildman–Crippen LogP) is 0.0900. The predicted molar refractivity (Wildman–Crippen MR) is 52.8 cm³/mol. The Morgan fingerprint density at radius 1 is 1.62 bits per heavy atom. The van der Waals surface area contributed by atoms with E-state index in [1.54, 1.807) is 6.07 Å². The van der Waals surface area contributed by atoms with Gasteiger partial charge in [0.2, 0.25) is 0 Å². The summed E-state index contributed by atoms with van der Waals surface area (Å²) in [5.41, 5.74) is 8.22. The highest BCUT2D eigenvalue weighted by Gasteiger charge is 2.28. The second kappa shape index (κ2) is 3.05. The summed E-state index contributed by atoms with van der Waals surface area (Å²) in [4.78, 5) is 0. The Labute approximate surface area is 77.7 Å². The van der Waals surface area contributed by atoms with Gasteiger partial charge in [-0.1, -0.05) is 13.0 Å². The molecule has 3 N–H and O–H groups in total. The average molecular weight is 177 g/mol. The standard InChI is InChI=1S/C9H12BNO2/c1-6-5-13-10(12)9-4-7(11)2-3-8(6)9/h2-4,6,12H,5,11H2,1H3/t6-/m0/s1. The molecule has 0 amide bonds. The zero-order valence-corrected chi connectivity index (χ0v) is 7.53. The maximum atomic E-state index is 9.53. The van der Waals surface area contributed by atoms with Crippen LogP contribution < -0.4 is 11.2 Å². The molecule has 0 spiro atoms. The normalized spacial score (nSPS) is 21.4. The molecule has 1 aromatic rings. The van der Waals surface area contributed by atoms with Gasteiger partial charge >= 0.3 is 7.12 Å². The molecule has 68 valence electrons. The van der Waals surface area contributed by atoms with E-state index in [-0.39, 0.29) is 0 Å². The summed E-state index contributed by atoms with van der Waals surface area (Å²) in [5.74, 6) is 0.332. The van der Waals surface area contributed by atoms with Gasteiger partial charge in [0.05, 0.1) is 0 Å². The summed E-state index contributed by atoms with van der Waals surface area (Å²) >= 11 is 0. The summed E-state index contributed by atoms with van der Waals surface area (Å²) in [6.45, 7) is 2.64. The molecule has 0 unspecified atom stereocenters. The Morgan fingerprint density at radius 2 is 2.38 bits per heavy atom. The quantitative estimate of drug-likeness (QED) is 0.436. The third-order valence-electron chi connectivity index (χ3n) is 2.41. The van der Waals surface area contributed by atoms with Gasteiger partial charge in [-0.3, -0.25) is 0 Å². The zero-order chi connectivity index (χ0) is 9.42. The largest absolute Gasteiger partial charge is 0.491 e. The average Bonchev–Trinajstić information content (AvgIpc) is 2.12. The van der Waals surface area contributed by atoms with E-state index in [4.69, 9.17) is 10.4 Å². The molecular formula is C9H12BNO2. The van der Waals surface area contributed by atoms with Crippen LogP contribution in [0.2, 0.25) is 0 Å². The highest BCUT2D eigenvalue weighted by molar-refractivity contribution is 6.61. The van der Waals surface area contributed by atoms with Crippen LogP contribution in [0.25, 0.3) is 0 Å². The van der Waals surface area contributed by atoms with Gasteiger partial charge < -0.3 is 15.4 Å². The maximum Gasteiger partial charge on any atom is 0.491 e. The van der Waals surface area contributed by atoms with Crippen LogP contribution in [0.5, 0.6) is 0 Å². The van der Waals surface area contributed by atoms with Crippen LogP contribution in [0.4, 0.5) is 5.69 Å². The lowest BCUT2D eigenvalue weighted by molar-refractivity contribution is 0.245. The monoisotopic (exact) mass is 177 g/mol. The molecule has 0 aromatic heterocycles. The fraction of sp³-hybridized carbons (Fsp3) is 0.333. The van der Waals surface area contributed by atoms with Crippen LogP contribution in [0.15, 0.2) is 18.2 Å². The van der Waals surface area contributed by atoms with E-state index in [2.05, 4.69) is 6.92 Å². The minimum absolute atomic E-state index is 0.332. The van der Waals surface area contributed by atoms with Crippen molar-refractivity contribution in [3.63, 3.8) is 0 Å². The van der Waals surface area contributed by atoms with E-state index >= 15 is 0 Å². The van der Waals surface area contributed by atoms with Gasteiger partial charge in [0.1, 0.15) is 0 Å². The van der Waals surface area contributed by atoms with Gasteiger partial charge in [-0.25, -0.2) is 0 Å². The van der Waals surface area contributed by atoms with Crippen molar-refractivity contribution in [2.45, 2.75) is 12.8 Å². The molecule has 0 saturated heterocycles. The van der Waals surface area contributed by atoms with E-state index in [0.29, 0.717) is 18.2 Å². The van der Waals surface area contributed by atoms with E-state index in [9.17, 15) is 5.02 Å². The SMILES string of the molecule is C[C@H]1COB(O)c2cc(N)ccc21. The first kappa shape index (κ1) is 8.60. The lowest BCUT2D eigenvalue weighted by Crippen LogP contribution is -2.42. The van der Waals surface area contributed by atoms with Crippen LogP contribution in [0.1, 0.15) is 18.4 Å². The topological polar surface area (TPSA) is 55.5 Å². The van der Waals surface area contributed by atoms with Gasteiger partial charge in [0, 0.05) is 18.2 Å². The molecule has 1 aromatic carbocycles. The summed E-state index contributed by atoms with van der Waals surface area (Å²) in [5, 5.41) is 9.53. The Morgan fingerprint density at radius 3 is 3.15 bits per heavy atom. The van der Waals surface area contributed by atoms with E-state index in [1.165, 1.54) is 0 Å². The van der Waals surface area contributed by atoms with Crippen molar-refractivity contribution in [1.29, 1.82) is 0 Å². The number of hydrogen-bond donors (Lipinski definition) is 2. The fourth-order valence-corrected chi connectivity index (χ4v) is 1.67. The van der Waals surface area contributed by atoms with Gasteiger partial charge in [0.25, 0.3) is 0 Å². The highest BCUT2D eigenvalue weighted by Crippen LogP contribution is 2.19. The van der Waals surface area contributed by atoms with Crippen LogP contribution in [0.3, 0.4) is 0 Å². The first-order valence-electron chi connectivity index (χ1n) is 4.37. The van der Waals surface area contributed by atoms with E-state index in [1.807, 2.05) is 12.1 Å². The van der Waals surface area contributed by atoms with Crippen molar-refractivity contribution in [3.05, 3.63) is 23.8 Å². The van der Waals surface area contributed by atoms with Crippen molar-refractivity contribution in [2.24, 2.45) is 0 Å². The number of nitrogen functional groups attached to an aromatic ring is 1.